The van der Waals surface area contributed by atoms with Gasteiger partial charge in [-0.1, -0.05) is 52.0 Å². The summed E-state index contributed by atoms with van der Waals surface area (Å²) in [4.78, 5) is 26.1. The zero-order chi connectivity index (χ0) is 19.6. The molecule has 0 aliphatic carbocycles. The predicted molar refractivity (Wildman–Crippen MR) is 113 cm³/mol. The smallest absolute Gasteiger partial charge is 0.238 e. The minimum absolute atomic E-state index is 0.0167. The van der Waals surface area contributed by atoms with Crippen molar-refractivity contribution in [3.05, 3.63) is 59.7 Å². The molecular formula is C22H26N2O2S. The van der Waals surface area contributed by atoms with Crippen molar-refractivity contribution in [3.63, 3.8) is 0 Å². The molecule has 0 spiro atoms. The van der Waals surface area contributed by atoms with Gasteiger partial charge >= 0.3 is 0 Å². The molecule has 1 fully saturated rings. The molecular weight excluding hydrogens is 356 g/mol. The average molecular weight is 383 g/mol. The maximum Gasteiger partial charge on any atom is 0.238 e. The van der Waals surface area contributed by atoms with E-state index in [1.807, 2.05) is 48.2 Å². The lowest BCUT2D eigenvalue weighted by molar-refractivity contribution is -0.116. The molecule has 2 aromatic carbocycles. The van der Waals surface area contributed by atoms with E-state index in [1.54, 1.807) is 11.8 Å². The number of amides is 2. The zero-order valence-corrected chi connectivity index (χ0v) is 17.1. The highest BCUT2D eigenvalue weighted by atomic mass is 32.2. The Labute approximate surface area is 165 Å². The minimum Gasteiger partial charge on any atom is -0.326 e. The molecule has 1 unspecified atom stereocenters. The molecule has 0 bridgehead atoms. The molecule has 4 nitrogen and oxygen atoms in total. The predicted octanol–water partition coefficient (Wildman–Crippen LogP) is 5.11. The fourth-order valence-corrected chi connectivity index (χ4v) is 4.26. The normalized spacial score (nSPS) is 17.3. The van der Waals surface area contributed by atoms with Gasteiger partial charge in [0.05, 0.1) is 5.75 Å². The number of hydrogen-bond acceptors (Lipinski definition) is 3. The van der Waals surface area contributed by atoms with Crippen LogP contribution in [0.5, 0.6) is 0 Å². The molecule has 1 aliphatic heterocycles. The van der Waals surface area contributed by atoms with Crippen LogP contribution in [0.25, 0.3) is 0 Å². The van der Waals surface area contributed by atoms with E-state index >= 15 is 0 Å². The Hall–Kier alpha value is -2.27. The number of carbonyl (C=O) groups is 2. The lowest BCUT2D eigenvalue weighted by Crippen LogP contribution is -2.28. The summed E-state index contributed by atoms with van der Waals surface area (Å²) in [6.07, 6.45) is 0.438. The summed E-state index contributed by atoms with van der Waals surface area (Å²) >= 11 is 1.61. The topological polar surface area (TPSA) is 49.4 Å². The van der Waals surface area contributed by atoms with Crippen LogP contribution in [0.3, 0.4) is 0 Å². The van der Waals surface area contributed by atoms with Crippen molar-refractivity contribution >= 4 is 35.0 Å². The van der Waals surface area contributed by atoms with Gasteiger partial charge in [0.15, 0.2) is 0 Å². The third-order valence-corrected chi connectivity index (χ3v) is 5.87. The number of nitrogens with zero attached hydrogens (tertiary/aromatic N) is 1. The van der Waals surface area contributed by atoms with Gasteiger partial charge in [-0.3, -0.25) is 14.5 Å². The molecule has 1 N–H and O–H groups in total. The van der Waals surface area contributed by atoms with Crippen molar-refractivity contribution in [3.8, 4) is 0 Å². The van der Waals surface area contributed by atoms with Crippen molar-refractivity contribution in [2.75, 3.05) is 16.0 Å². The summed E-state index contributed by atoms with van der Waals surface area (Å²) in [6, 6.07) is 16.0. The first-order valence-corrected chi connectivity index (χ1v) is 10.3. The number of nitrogens with one attached hydrogen (secondary N) is 1. The minimum atomic E-state index is -0.0866. The van der Waals surface area contributed by atoms with Crippen LogP contribution < -0.4 is 10.2 Å². The number of thioether (sulfide) groups is 1. The van der Waals surface area contributed by atoms with Crippen LogP contribution in [0, 0.1) is 0 Å². The van der Waals surface area contributed by atoms with Crippen LogP contribution in [0.4, 0.5) is 11.4 Å². The first-order chi connectivity index (χ1) is 12.8. The second-order valence-electron chi connectivity index (χ2n) is 7.75. The molecule has 0 aromatic heterocycles. The van der Waals surface area contributed by atoms with Gasteiger partial charge in [-0.15, -0.1) is 11.8 Å². The molecule has 1 aliphatic rings. The van der Waals surface area contributed by atoms with Crippen LogP contribution in [0.2, 0.25) is 0 Å². The van der Waals surface area contributed by atoms with E-state index in [9.17, 15) is 9.59 Å². The molecule has 27 heavy (non-hydrogen) atoms. The van der Waals surface area contributed by atoms with E-state index in [1.165, 1.54) is 5.56 Å². The Balaban J connectivity index is 1.89. The molecule has 5 heteroatoms. The van der Waals surface area contributed by atoms with E-state index in [-0.39, 0.29) is 22.6 Å². The Bertz CT molecular complexity index is 840. The molecule has 0 saturated carbocycles. The van der Waals surface area contributed by atoms with Gasteiger partial charge in [0.25, 0.3) is 0 Å². The molecule has 1 atom stereocenters. The highest BCUT2D eigenvalue weighted by Gasteiger charge is 2.34. The fraction of sp³-hybridized carbons (Fsp3) is 0.364. The standard InChI is InChI=1S/C22H26N2O2S/c1-5-19(25)23-17-8-6-7-15(13-17)21-24(20(26)14-27-21)18-11-9-16(10-12-18)22(2,3)4/h6-13,21H,5,14H2,1-4H3,(H,23,25). The Morgan fingerprint density at radius 3 is 2.52 bits per heavy atom. The molecule has 142 valence electrons. The third-order valence-electron chi connectivity index (χ3n) is 4.66. The summed E-state index contributed by atoms with van der Waals surface area (Å²) in [7, 11) is 0. The van der Waals surface area contributed by atoms with Crippen LogP contribution in [0.1, 0.15) is 50.6 Å². The van der Waals surface area contributed by atoms with Gasteiger partial charge in [-0.25, -0.2) is 0 Å². The quantitative estimate of drug-likeness (QED) is 0.799. The lowest BCUT2D eigenvalue weighted by Gasteiger charge is -2.26. The Kier molecular flexibility index (Phi) is 5.61. The zero-order valence-electron chi connectivity index (χ0n) is 16.3. The molecule has 3 rings (SSSR count). The van der Waals surface area contributed by atoms with Gasteiger partial charge in [0.1, 0.15) is 5.37 Å². The molecule has 2 amide bonds. The molecule has 1 saturated heterocycles. The van der Waals surface area contributed by atoms with E-state index in [0.29, 0.717) is 12.2 Å². The van der Waals surface area contributed by atoms with Crippen LogP contribution >= 0.6 is 11.8 Å². The van der Waals surface area contributed by atoms with E-state index in [0.717, 1.165) is 16.9 Å². The van der Waals surface area contributed by atoms with Gasteiger partial charge in [0.2, 0.25) is 11.8 Å². The fourth-order valence-electron chi connectivity index (χ4n) is 3.09. The number of hydrogen-bond donors (Lipinski definition) is 1. The Morgan fingerprint density at radius 1 is 1.19 bits per heavy atom. The number of rotatable bonds is 4. The molecule has 1 heterocycles. The number of anilines is 2. The summed E-state index contributed by atoms with van der Waals surface area (Å²) in [6.45, 7) is 8.36. The van der Waals surface area contributed by atoms with E-state index in [2.05, 4.69) is 38.2 Å². The largest absolute Gasteiger partial charge is 0.326 e. The van der Waals surface area contributed by atoms with Crippen molar-refractivity contribution in [1.29, 1.82) is 0 Å². The summed E-state index contributed by atoms with van der Waals surface area (Å²) < 4.78 is 0. The van der Waals surface area contributed by atoms with Crippen molar-refractivity contribution in [2.24, 2.45) is 0 Å². The van der Waals surface area contributed by atoms with Gasteiger partial charge in [-0.05, 0) is 40.8 Å². The number of benzene rings is 2. The molecule has 2 aromatic rings. The SMILES string of the molecule is CCC(=O)Nc1cccc(C2SCC(=O)N2c2ccc(C(C)(C)C)cc2)c1. The first kappa shape index (κ1) is 19.5. The third kappa shape index (κ3) is 4.35. The highest BCUT2D eigenvalue weighted by molar-refractivity contribution is 8.00. The van der Waals surface area contributed by atoms with Crippen LogP contribution in [-0.2, 0) is 15.0 Å². The van der Waals surface area contributed by atoms with Crippen LogP contribution in [-0.4, -0.2) is 17.6 Å². The summed E-state index contributed by atoms with van der Waals surface area (Å²) in [5, 5.41) is 2.81. The van der Waals surface area contributed by atoms with Gasteiger partial charge in [-0.2, -0.15) is 0 Å². The van der Waals surface area contributed by atoms with Crippen LogP contribution in [0.15, 0.2) is 48.5 Å². The summed E-state index contributed by atoms with van der Waals surface area (Å²) in [5.74, 6) is 0.547. The maximum atomic E-state index is 12.6. The Morgan fingerprint density at radius 2 is 1.89 bits per heavy atom. The van der Waals surface area contributed by atoms with Crippen molar-refractivity contribution < 1.29 is 9.59 Å². The van der Waals surface area contributed by atoms with Gasteiger partial charge < -0.3 is 5.32 Å². The second kappa shape index (κ2) is 7.77. The molecule has 0 radical (unpaired) electrons. The average Bonchev–Trinajstić information content (AvgIpc) is 3.02. The first-order valence-electron chi connectivity index (χ1n) is 9.23. The van der Waals surface area contributed by atoms with Crippen molar-refractivity contribution in [2.45, 2.75) is 44.9 Å². The van der Waals surface area contributed by atoms with E-state index < -0.39 is 0 Å². The second-order valence-corrected chi connectivity index (χ2v) is 8.82. The lowest BCUT2D eigenvalue weighted by atomic mass is 9.87. The number of carbonyl (C=O) groups excluding carboxylic acids is 2. The van der Waals surface area contributed by atoms with E-state index in [4.69, 9.17) is 0 Å². The maximum absolute atomic E-state index is 12.6. The summed E-state index contributed by atoms with van der Waals surface area (Å²) in [5.41, 5.74) is 4.01. The van der Waals surface area contributed by atoms with Crippen molar-refractivity contribution in [1.82, 2.24) is 0 Å². The van der Waals surface area contributed by atoms with Gasteiger partial charge in [0, 0.05) is 17.8 Å². The highest BCUT2D eigenvalue weighted by Crippen LogP contribution is 2.42. The monoisotopic (exact) mass is 382 g/mol.